The first kappa shape index (κ1) is 23.1. The molecular formula is C24H20F3N3O4. The first-order chi connectivity index (χ1) is 16.2. The fourth-order valence-electron chi connectivity index (χ4n) is 3.65. The zero-order valence-electron chi connectivity index (χ0n) is 17.8. The molecule has 1 unspecified atom stereocenters. The number of amides is 3. The number of alkyl halides is 3. The molecule has 0 radical (unpaired) electrons. The fourth-order valence-corrected chi connectivity index (χ4v) is 3.65. The van der Waals surface area contributed by atoms with Gasteiger partial charge >= 0.3 is 6.18 Å². The summed E-state index contributed by atoms with van der Waals surface area (Å²) in [7, 11) is 0. The van der Waals surface area contributed by atoms with Crippen LogP contribution in [0, 0.1) is 5.92 Å². The Labute approximate surface area is 192 Å². The van der Waals surface area contributed by atoms with Gasteiger partial charge in [-0.25, -0.2) is 0 Å². The number of furan rings is 1. The van der Waals surface area contributed by atoms with Crippen molar-refractivity contribution in [2.75, 3.05) is 17.2 Å². The van der Waals surface area contributed by atoms with Gasteiger partial charge in [-0.2, -0.15) is 13.2 Å². The van der Waals surface area contributed by atoms with Crippen molar-refractivity contribution in [1.82, 2.24) is 4.90 Å². The van der Waals surface area contributed by atoms with Crippen LogP contribution in [0.4, 0.5) is 24.5 Å². The highest BCUT2D eigenvalue weighted by Gasteiger charge is 2.35. The molecule has 3 aromatic rings. The van der Waals surface area contributed by atoms with Crippen molar-refractivity contribution in [3.8, 4) is 0 Å². The third kappa shape index (κ3) is 5.45. The van der Waals surface area contributed by atoms with Crippen molar-refractivity contribution in [2.24, 2.45) is 5.92 Å². The van der Waals surface area contributed by atoms with E-state index < -0.39 is 23.6 Å². The van der Waals surface area contributed by atoms with E-state index >= 15 is 0 Å². The molecule has 1 aliphatic heterocycles. The van der Waals surface area contributed by atoms with E-state index in [4.69, 9.17) is 4.42 Å². The van der Waals surface area contributed by atoms with Gasteiger partial charge < -0.3 is 20.0 Å². The molecule has 0 bridgehead atoms. The second-order valence-electron chi connectivity index (χ2n) is 7.86. The van der Waals surface area contributed by atoms with E-state index in [-0.39, 0.29) is 42.6 Å². The molecule has 0 spiro atoms. The molecule has 1 aromatic heterocycles. The van der Waals surface area contributed by atoms with Gasteiger partial charge in [0.05, 0.1) is 24.3 Å². The number of anilines is 2. The van der Waals surface area contributed by atoms with Crippen molar-refractivity contribution in [3.05, 3.63) is 83.8 Å². The lowest BCUT2D eigenvalue weighted by atomic mass is 10.1. The summed E-state index contributed by atoms with van der Waals surface area (Å²) < 4.78 is 43.9. The first-order valence-electron chi connectivity index (χ1n) is 10.4. The summed E-state index contributed by atoms with van der Waals surface area (Å²) in [6.07, 6.45) is -2.96. The van der Waals surface area contributed by atoms with Crippen LogP contribution in [-0.4, -0.2) is 29.2 Å². The maximum absolute atomic E-state index is 12.9. The Bertz CT molecular complexity index is 1210. The van der Waals surface area contributed by atoms with Gasteiger partial charge in [-0.15, -0.1) is 0 Å². The highest BCUT2D eigenvalue weighted by Crippen LogP contribution is 2.31. The number of halogens is 3. The lowest BCUT2D eigenvalue weighted by molar-refractivity contribution is -0.137. The molecular weight excluding hydrogens is 451 g/mol. The van der Waals surface area contributed by atoms with Crippen LogP contribution in [0.1, 0.15) is 28.1 Å². The molecule has 1 aliphatic rings. The van der Waals surface area contributed by atoms with Crippen LogP contribution in [0.3, 0.4) is 0 Å². The first-order valence-corrected chi connectivity index (χ1v) is 10.4. The number of carbonyl (C=O) groups is 3. The molecule has 34 heavy (non-hydrogen) atoms. The summed E-state index contributed by atoms with van der Waals surface area (Å²) in [6, 6.07) is 13.8. The molecule has 4 rings (SSSR count). The van der Waals surface area contributed by atoms with Gasteiger partial charge in [0.1, 0.15) is 5.76 Å². The largest absolute Gasteiger partial charge is 0.467 e. The molecule has 10 heteroatoms. The number of hydrogen-bond donors (Lipinski definition) is 2. The highest BCUT2D eigenvalue weighted by atomic mass is 19.4. The second-order valence-corrected chi connectivity index (χ2v) is 7.86. The molecule has 2 N–H and O–H groups in total. The number of nitrogens with zero attached hydrogens (tertiary/aromatic N) is 1. The van der Waals surface area contributed by atoms with Crippen LogP contribution in [-0.2, 0) is 22.3 Å². The Morgan fingerprint density at radius 1 is 1.00 bits per heavy atom. The summed E-state index contributed by atoms with van der Waals surface area (Å²) in [4.78, 5) is 39.0. The predicted molar refractivity (Wildman–Crippen MR) is 117 cm³/mol. The lowest BCUT2D eigenvalue weighted by Crippen LogP contribution is -2.28. The van der Waals surface area contributed by atoms with Crippen molar-refractivity contribution in [3.63, 3.8) is 0 Å². The number of benzene rings is 2. The predicted octanol–water partition coefficient (Wildman–Crippen LogP) is 4.54. The molecule has 0 saturated carbocycles. The average molecular weight is 471 g/mol. The lowest BCUT2D eigenvalue weighted by Gasteiger charge is -2.15. The van der Waals surface area contributed by atoms with Crippen molar-refractivity contribution < 1.29 is 32.0 Å². The van der Waals surface area contributed by atoms with Crippen LogP contribution < -0.4 is 10.6 Å². The minimum atomic E-state index is -4.53. The molecule has 1 saturated heterocycles. The molecule has 3 amide bonds. The van der Waals surface area contributed by atoms with E-state index in [2.05, 4.69) is 10.6 Å². The average Bonchev–Trinajstić information content (AvgIpc) is 3.44. The standard InChI is InChI=1S/C24H20F3N3O4/c25-24(26,27)17-5-2-7-19(12-17)29-22(32)15-4-1-6-18(10-15)28-23(33)16-11-21(31)30(13-16)14-20-8-3-9-34-20/h1-10,12,16H,11,13-14H2,(H,28,33)(H,29,32). The monoisotopic (exact) mass is 471 g/mol. The van der Waals surface area contributed by atoms with Crippen LogP contribution in [0.2, 0.25) is 0 Å². The van der Waals surface area contributed by atoms with Crippen LogP contribution in [0.5, 0.6) is 0 Å². The molecule has 1 fully saturated rings. The minimum Gasteiger partial charge on any atom is -0.467 e. The molecule has 176 valence electrons. The summed E-state index contributed by atoms with van der Waals surface area (Å²) >= 11 is 0. The van der Waals surface area contributed by atoms with Crippen molar-refractivity contribution in [1.29, 1.82) is 0 Å². The molecule has 2 heterocycles. The van der Waals surface area contributed by atoms with E-state index in [0.29, 0.717) is 11.4 Å². The maximum atomic E-state index is 12.9. The number of likely N-dealkylation sites (tertiary alicyclic amines) is 1. The molecule has 7 nitrogen and oxygen atoms in total. The molecule has 2 aromatic carbocycles. The Hall–Kier alpha value is -4.08. The Kier molecular flexibility index (Phi) is 6.40. The quantitative estimate of drug-likeness (QED) is 0.552. The van der Waals surface area contributed by atoms with Crippen LogP contribution in [0.15, 0.2) is 71.3 Å². The van der Waals surface area contributed by atoms with Gasteiger partial charge in [-0.1, -0.05) is 12.1 Å². The molecule has 0 aliphatic carbocycles. The van der Waals surface area contributed by atoms with E-state index in [9.17, 15) is 27.6 Å². The molecule has 1 atom stereocenters. The van der Waals surface area contributed by atoms with Gasteiger partial charge in [0.25, 0.3) is 5.91 Å². The Morgan fingerprint density at radius 2 is 1.74 bits per heavy atom. The van der Waals surface area contributed by atoms with Gasteiger partial charge in [-0.3, -0.25) is 14.4 Å². The minimum absolute atomic E-state index is 0.00428. The van der Waals surface area contributed by atoms with E-state index in [1.54, 1.807) is 29.2 Å². The van der Waals surface area contributed by atoms with Gasteiger partial charge in [-0.05, 0) is 48.5 Å². The topological polar surface area (TPSA) is 91.7 Å². The van der Waals surface area contributed by atoms with E-state index in [1.165, 1.54) is 30.5 Å². The zero-order valence-corrected chi connectivity index (χ0v) is 17.8. The van der Waals surface area contributed by atoms with Crippen molar-refractivity contribution >= 4 is 29.1 Å². The van der Waals surface area contributed by atoms with Gasteiger partial charge in [0.15, 0.2) is 0 Å². The number of rotatable bonds is 6. The fraction of sp³-hybridized carbons (Fsp3) is 0.208. The van der Waals surface area contributed by atoms with E-state index in [1.807, 2.05) is 0 Å². The summed E-state index contributed by atoms with van der Waals surface area (Å²) in [6.45, 7) is 0.516. The van der Waals surface area contributed by atoms with Crippen molar-refractivity contribution in [2.45, 2.75) is 19.1 Å². The summed E-state index contributed by atoms with van der Waals surface area (Å²) in [5, 5.41) is 5.13. The smallest absolute Gasteiger partial charge is 0.416 e. The Balaban J connectivity index is 1.38. The highest BCUT2D eigenvalue weighted by molar-refractivity contribution is 6.05. The number of hydrogen-bond acceptors (Lipinski definition) is 4. The second kappa shape index (κ2) is 9.42. The van der Waals surface area contributed by atoms with Crippen LogP contribution in [0.25, 0.3) is 0 Å². The van der Waals surface area contributed by atoms with Gasteiger partial charge in [0.2, 0.25) is 11.8 Å². The number of nitrogens with one attached hydrogen (secondary N) is 2. The normalized spacial score (nSPS) is 15.9. The Morgan fingerprint density at radius 3 is 2.44 bits per heavy atom. The zero-order chi connectivity index (χ0) is 24.3. The maximum Gasteiger partial charge on any atom is 0.416 e. The third-order valence-corrected chi connectivity index (χ3v) is 5.35. The van der Waals surface area contributed by atoms with Gasteiger partial charge in [0, 0.05) is 29.9 Å². The third-order valence-electron chi connectivity index (χ3n) is 5.35. The summed E-state index contributed by atoms with van der Waals surface area (Å²) in [5.74, 6) is -1.11. The van der Waals surface area contributed by atoms with E-state index in [0.717, 1.165) is 12.1 Å². The number of carbonyl (C=O) groups excluding carboxylic acids is 3. The van der Waals surface area contributed by atoms with Crippen LogP contribution >= 0.6 is 0 Å². The summed E-state index contributed by atoms with van der Waals surface area (Å²) in [5.41, 5.74) is -0.398. The SMILES string of the molecule is O=C(Nc1cccc(C(F)(F)F)c1)c1cccc(NC(=O)C2CC(=O)N(Cc3ccco3)C2)c1.